The Morgan fingerprint density at radius 3 is 2.68 bits per heavy atom. The molecule has 1 N–H and O–H groups in total. The zero-order valence-electron chi connectivity index (χ0n) is 17.8. The van der Waals surface area contributed by atoms with Crippen molar-refractivity contribution in [2.75, 3.05) is 25.7 Å². The maximum Gasteiger partial charge on any atom is 0.299 e. The summed E-state index contributed by atoms with van der Waals surface area (Å²) in [5, 5.41) is 4.09. The average Bonchev–Trinajstić information content (AvgIpc) is 3.00. The van der Waals surface area contributed by atoms with Crippen LogP contribution in [0.4, 0.5) is 10.5 Å². The second-order valence-corrected chi connectivity index (χ2v) is 8.80. The first-order valence-electron chi connectivity index (χ1n) is 10.2. The van der Waals surface area contributed by atoms with Crippen molar-refractivity contribution >= 4 is 34.3 Å². The molecule has 2 amide bonds. The summed E-state index contributed by atoms with van der Waals surface area (Å²) in [6, 6.07) is 11.3. The van der Waals surface area contributed by atoms with Crippen molar-refractivity contribution in [3.8, 4) is 11.5 Å². The second kappa shape index (κ2) is 9.01. The van der Waals surface area contributed by atoms with Crippen LogP contribution < -0.4 is 19.8 Å². The normalized spacial score (nSPS) is 18.4. The van der Waals surface area contributed by atoms with Gasteiger partial charge in [-0.3, -0.25) is 9.59 Å². The molecule has 7 nitrogen and oxygen atoms in total. The van der Waals surface area contributed by atoms with Crippen LogP contribution in [0.1, 0.15) is 41.3 Å². The Bertz CT molecular complexity index is 1050. The molecule has 0 radical (unpaired) electrons. The molecule has 2 aromatic rings. The summed E-state index contributed by atoms with van der Waals surface area (Å²) in [7, 11) is 3.13. The first-order chi connectivity index (χ1) is 15.0. The molecule has 1 unspecified atom stereocenters. The van der Waals surface area contributed by atoms with Crippen molar-refractivity contribution in [3.05, 3.63) is 53.1 Å². The molecule has 4 rings (SSSR count). The molecule has 2 aliphatic rings. The summed E-state index contributed by atoms with van der Waals surface area (Å²) < 4.78 is 10.7. The van der Waals surface area contributed by atoms with E-state index in [2.05, 4.69) is 16.6 Å². The summed E-state index contributed by atoms with van der Waals surface area (Å²) in [4.78, 5) is 26.8. The van der Waals surface area contributed by atoms with Crippen LogP contribution in [0.15, 0.2) is 41.5 Å². The van der Waals surface area contributed by atoms with Gasteiger partial charge < -0.3 is 14.4 Å². The molecule has 0 saturated carbocycles. The van der Waals surface area contributed by atoms with E-state index in [1.54, 1.807) is 32.4 Å². The fourth-order valence-electron chi connectivity index (χ4n) is 3.99. The molecule has 0 spiro atoms. The standard InChI is InChI=1S/C23H25N3O4S/c1-14-21(24-25-23(28)31-14)16-7-9-18-15(12-16)6-4-5-11-26(18)22(27)17-8-10-19(29-2)20(13-17)30-3/h7-10,12-14H,4-6,11H2,1-3H3,(H,25,28). The highest BCUT2D eigenvalue weighted by Crippen LogP contribution is 2.33. The lowest BCUT2D eigenvalue weighted by Crippen LogP contribution is -2.32. The van der Waals surface area contributed by atoms with Crippen LogP contribution in [0.5, 0.6) is 11.5 Å². The van der Waals surface area contributed by atoms with Gasteiger partial charge in [0.25, 0.3) is 11.1 Å². The number of ether oxygens (including phenoxy) is 2. The number of aryl methyl sites for hydroxylation is 1. The number of thioether (sulfide) groups is 1. The number of methoxy groups -OCH3 is 2. The van der Waals surface area contributed by atoms with E-state index < -0.39 is 0 Å². The monoisotopic (exact) mass is 439 g/mol. The SMILES string of the molecule is COc1ccc(C(=O)N2CCCCc3cc(C4=NNC(=O)SC4C)ccc32)cc1OC. The van der Waals surface area contributed by atoms with Crippen LogP contribution in [0.25, 0.3) is 0 Å². The zero-order chi connectivity index (χ0) is 22.0. The van der Waals surface area contributed by atoms with Gasteiger partial charge in [-0.25, -0.2) is 5.43 Å². The molecular formula is C23H25N3O4S. The molecule has 0 aromatic heterocycles. The number of carbonyl (C=O) groups excluding carboxylic acids is 2. The fourth-order valence-corrected chi connectivity index (χ4v) is 4.71. The molecule has 1 atom stereocenters. The maximum atomic E-state index is 13.4. The van der Waals surface area contributed by atoms with Crippen molar-refractivity contribution in [2.24, 2.45) is 5.10 Å². The van der Waals surface area contributed by atoms with E-state index in [-0.39, 0.29) is 16.4 Å². The van der Waals surface area contributed by atoms with E-state index in [1.807, 2.05) is 24.0 Å². The molecule has 2 aromatic carbocycles. The van der Waals surface area contributed by atoms with Gasteiger partial charge in [-0.2, -0.15) is 5.10 Å². The maximum absolute atomic E-state index is 13.4. The quantitative estimate of drug-likeness (QED) is 0.771. The summed E-state index contributed by atoms with van der Waals surface area (Å²) in [6.07, 6.45) is 2.81. The third kappa shape index (κ3) is 4.25. The van der Waals surface area contributed by atoms with Crippen molar-refractivity contribution in [3.63, 3.8) is 0 Å². The first kappa shape index (κ1) is 21.2. The number of nitrogens with one attached hydrogen (secondary N) is 1. The first-order valence-corrected chi connectivity index (χ1v) is 11.1. The number of benzene rings is 2. The topological polar surface area (TPSA) is 80.2 Å². The van der Waals surface area contributed by atoms with E-state index in [4.69, 9.17) is 9.47 Å². The van der Waals surface area contributed by atoms with E-state index in [0.717, 1.165) is 41.8 Å². The largest absolute Gasteiger partial charge is 0.493 e. The van der Waals surface area contributed by atoms with Gasteiger partial charge in [0.1, 0.15) is 0 Å². The van der Waals surface area contributed by atoms with Crippen LogP contribution in [0.3, 0.4) is 0 Å². The summed E-state index contributed by atoms with van der Waals surface area (Å²) in [5.74, 6) is 1.05. The Morgan fingerprint density at radius 2 is 1.94 bits per heavy atom. The van der Waals surface area contributed by atoms with Crippen molar-refractivity contribution in [1.29, 1.82) is 0 Å². The number of hydrazone groups is 1. The number of anilines is 1. The third-order valence-corrected chi connectivity index (χ3v) is 6.44. The Labute approximate surface area is 185 Å². The lowest BCUT2D eigenvalue weighted by Gasteiger charge is -2.25. The van der Waals surface area contributed by atoms with Gasteiger partial charge in [0.05, 0.1) is 25.2 Å². The molecule has 162 valence electrons. The number of hydrogen-bond donors (Lipinski definition) is 1. The smallest absolute Gasteiger partial charge is 0.299 e. The highest BCUT2D eigenvalue weighted by atomic mass is 32.2. The minimum absolute atomic E-state index is 0.0259. The van der Waals surface area contributed by atoms with Gasteiger partial charge in [-0.1, -0.05) is 17.8 Å². The van der Waals surface area contributed by atoms with Crippen LogP contribution >= 0.6 is 11.8 Å². The van der Waals surface area contributed by atoms with Gasteiger partial charge in [0.15, 0.2) is 11.5 Å². The van der Waals surface area contributed by atoms with E-state index >= 15 is 0 Å². The minimum Gasteiger partial charge on any atom is -0.493 e. The van der Waals surface area contributed by atoms with Gasteiger partial charge in [0.2, 0.25) is 0 Å². The van der Waals surface area contributed by atoms with Gasteiger partial charge in [0, 0.05) is 17.8 Å². The molecule has 0 bridgehead atoms. The lowest BCUT2D eigenvalue weighted by atomic mass is 10.00. The molecule has 0 fully saturated rings. The van der Waals surface area contributed by atoms with E-state index in [9.17, 15) is 9.59 Å². The Balaban J connectivity index is 1.67. The molecule has 2 heterocycles. The highest BCUT2D eigenvalue weighted by Gasteiger charge is 2.26. The van der Waals surface area contributed by atoms with Crippen molar-refractivity contribution < 1.29 is 19.1 Å². The predicted molar refractivity (Wildman–Crippen MR) is 123 cm³/mol. The summed E-state index contributed by atoms with van der Waals surface area (Å²) in [5.41, 5.74) is 6.95. The molecular weight excluding hydrogens is 414 g/mol. The van der Waals surface area contributed by atoms with Crippen LogP contribution in [-0.4, -0.2) is 42.9 Å². The Morgan fingerprint density at radius 1 is 1.13 bits per heavy atom. The summed E-state index contributed by atoms with van der Waals surface area (Å²) in [6.45, 7) is 2.63. The van der Waals surface area contributed by atoms with Gasteiger partial charge in [-0.15, -0.1) is 0 Å². The highest BCUT2D eigenvalue weighted by molar-refractivity contribution is 8.14. The van der Waals surface area contributed by atoms with Crippen molar-refractivity contribution in [1.82, 2.24) is 5.43 Å². The van der Waals surface area contributed by atoms with Crippen LogP contribution in [0, 0.1) is 0 Å². The van der Waals surface area contributed by atoms with Crippen molar-refractivity contribution in [2.45, 2.75) is 31.4 Å². The van der Waals surface area contributed by atoms with E-state index in [1.165, 1.54) is 11.8 Å². The number of nitrogens with zero attached hydrogens (tertiary/aromatic N) is 2. The number of hydrogen-bond acceptors (Lipinski definition) is 6. The minimum atomic E-state index is -0.141. The molecule has 31 heavy (non-hydrogen) atoms. The number of carbonyl (C=O) groups is 2. The third-order valence-electron chi connectivity index (χ3n) is 5.56. The lowest BCUT2D eigenvalue weighted by molar-refractivity contribution is 0.0986. The van der Waals surface area contributed by atoms with E-state index in [0.29, 0.717) is 23.6 Å². The number of amides is 2. The Hall–Kier alpha value is -3.00. The fraction of sp³-hybridized carbons (Fsp3) is 0.348. The van der Waals surface area contributed by atoms with Gasteiger partial charge >= 0.3 is 0 Å². The molecule has 0 saturated heterocycles. The van der Waals surface area contributed by atoms with Crippen LogP contribution in [0.2, 0.25) is 0 Å². The number of rotatable bonds is 4. The number of fused-ring (bicyclic) bond motifs is 1. The summed E-state index contributed by atoms with van der Waals surface area (Å²) >= 11 is 1.23. The molecule has 0 aliphatic carbocycles. The molecule has 8 heteroatoms. The Kier molecular flexibility index (Phi) is 6.18. The molecule has 2 aliphatic heterocycles. The average molecular weight is 440 g/mol. The predicted octanol–water partition coefficient (Wildman–Crippen LogP) is 4.24. The second-order valence-electron chi connectivity index (χ2n) is 7.48. The van der Waals surface area contributed by atoms with Crippen LogP contribution in [-0.2, 0) is 6.42 Å². The van der Waals surface area contributed by atoms with Gasteiger partial charge in [-0.05, 0) is 67.6 Å². The zero-order valence-corrected chi connectivity index (χ0v) is 18.6.